The molecule has 0 fully saturated rings. The Morgan fingerprint density at radius 1 is 0.395 bits per heavy atom. The third-order valence-corrected chi connectivity index (χ3v) is 15.7. The molecule has 76 heavy (non-hydrogen) atoms. The number of ether oxygens (including phenoxy) is 1. The Labute approximate surface area is 473 Å². The summed E-state index contributed by atoms with van der Waals surface area (Å²) in [5.74, 6) is -0.124. The Morgan fingerprint density at radius 3 is 1.13 bits per heavy atom. The van der Waals surface area contributed by atoms with Crippen molar-refractivity contribution >= 4 is 11.9 Å². The molecule has 0 unspecified atom stereocenters. The van der Waals surface area contributed by atoms with Gasteiger partial charge >= 0.3 is 5.97 Å². The number of carbonyl (C=O) groups is 2. The van der Waals surface area contributed by atoms with Crippen molar-refractivity contribution in [2.75, 3.05) is 13.2 Å². The molecule has 7 nitrogen and oxygen atoms in total. The average Bonchev–Trinajstić information content (AvgIpc) is 3.42. The third-order valence-electron chi connectivity index (χ3n) is 15.7. The zero-order valence-corrected chi connectivity index (χ0v) is 50.9. The van der Waals surface area contributed by atoms with E-state index in [1.54, 1.807) is 6.08 Å². The molecular weight excluding hydrogens is 939 g/mol. The lowest BCUT2D eigenvalue weighted by molar-refractivity contribution is -0.143. The highest BCUT2D eigenvalue weighted by molar-refractivity contribution is 5.76. The Hall–Kier alpha value is -1.96. The number of aliphatic hydroxyl groups excluding tert-OH is 3. The molecule has 0 radical (unpaired) electrons. The van der Waals surface area contributed by atoms with Crippen LogP contribution >= 0.6 is 0 Å². The maximum atomic E-state index is 12.5. The molecule has 0 rings (SSSR count). The van der Waals surface area contributed by atoms with Gasteiger partial charge in [0.2, 0.25) is 5.91 Å². The second-order valence-corrected chi connectivity index (χ2v) is 23.3. The van der Waals surface area contributed by atoms with E-state index < -0.39 is 18.2 Å². The largest absolute Gasteiger partial charge is 0.466 e. The van der Waals surface area contributed by atoms with Gasteiger partial charge < -0.3 is 25.4 Å². The number of amides is 1. The summed E-state index contributed by atoms with van der Waals surface area (Å²) < 4.78 is 5.48. The lowest BCUT2D eigenvalue weighted by atomic mass is 10.0. The molecule has 1 amide bonds. The summed E-state index contributed by atoms with van der Waals surface area (Å²) in [6, 6.07) is -0.747. The SMILES string of the molecule is CCCCC/C=C\C/C=C\CCCCCCCC(=O)OCCCCCCCCCCCCCCCCCCCCCCCCCCCCCCCCC(=O)N[C@@H](CO)[C@H](O)/C=C/[C@H](O)CCCCCCCCCCCC. The van der Waals surface area contributed by atoms with Crippen molar-refractivity contribution in [1.29, 1.82) is 0 Å². The third kappa shape index (κ3) is 59.7. The van der Waals surface area contributed by atoms with Crippen LogP contribution in [0.2, 0.25) is 0 Å². The van der Waals surface area contributed by atoms with Crippen LogP contribution in [0.1, 0.15) is 361 Å². The van der Waals surface area contributed by atoms with Crippen LogP contribution < -0.4 is 5.32 Å². The molecule has 0 aliphatic rings. The van der Waals surface area contributed by atoms with Crippen LogP contribution in [0.5, 0.6) is 0 Å². The van der Waals surface area contributed by atoms with Gasteiger partial charge in [-0.2, -0.15) is 0 Å². The first-order chi connectivity index (χ1) is 37.4. The zero-order chi connectivity index (χ0) is 55.1. The van der Waals surface area contributed by atoms with E-state index in [0.717, 1.165) is 57.8 Å². The molecule has 448 valence electrons. The lowest BCUT2D eigenvalue weighted by Gasteiger charge is -2.20. The summed E-state index contributed by atoms with van der Waals surface area (Å²) in [7, 11) is 0. The van der Waals surface area contributed by atoms with Gasteiger partial charge in [-0.3, -0.25) is 9.59 Å². The minimum Gasteiger partial charge on any atom is -0.466 e. The second kappa shape index (κ2) is 63.9. The highest BCUT2D eigenvalue weighted by atomic mass is 16.5. The first-order valence-electron chi connectivity index (χ1n) is 33.8. The normalized spacial score (nSPS) is 13.2. The molecule has 0 aromatic rings. The summed E-state index contributed by atoms with van der Waals surface area (Å²) in [4.78, 5) is 24.5. The average molecular weight is 1070 g/mol. The van der Waals surface area contributed by atoms with Gasteiger partial charge in [0, 0.05) is 12.8 Å². The van der Waals surface area contributed by atoms with Gasteiger partial charge in [0.15, 0.2) is 0 Å². The fourth-order valence-corrected chi connectivity index (χ4v) is 10.5. The van der Waals surface area contributed by atoms with Gasteiger partial charge in [0.25, 0.3) is 0 Å². The predicted molar refractivity (Wildman–Crippen MR) is 330 cm³/mol. The monoisotopic (exact) mass is 1070 g/mol. The zero-order valence-electron chi connectivity index (χ0n) is 50.9. The Morgan fingerprint density at radius 2 is 0.724 bits per heavy atom. The first kappa shape index (κ1) is 74.0. The maximum absolute atomic E-state index is 12.5. The molecule has 3 atom stereocenters. The van der Waals surface area contributed by atoms with Gasteiger partial charge in [0.05, 0.1) is 31.5 Å². The van der Waals surface area contributed by atoms with Crippen molar-refractivity contribution in [2.45, 2.75) is 379 Å². The number of carbonyl (C=O) groups excluding carboxylic acids is 2. The molecule has 7 heteroatoms. The molecule has 0 saturated carbocycles. The molecule has 0 aromatic carbocycles. The van der Waals surface area contributed by atoms with Crippen molar-refractivity contribution in [2.24, 2.45) is 0 Å². The van der Waals surface area contributed by atoms with Crippen molar-refractivity contribution < 1.29 is 29.6 Å². The smallest absolute Gasteiger partial charge is 0.305 e. The molecule has 0 saturated heterocycles. The van der Waals surface area contributed by atoms with Crippen LogP contribution in [0.3, 0.4) is 0 Å². The molecule has 4 N–H and O–H groups in total. The minimum atomic E-state index is -1.02. The second-order valence-electron chi connectivity index (χ2n) is 23.3. The number of nitrogens with one attached hydrogen (secondary N) is 1. The fraction of sp³-hybridized carbons (Fsp3) is 0.884. The van der Waals surface area contributed by atoms with Crippen LogP contribution in [-0.2, 0) is 14.3 Å². The number of hydrogen-bond acceptors (Lipinski definition) is 6. The Kier molecular flexibility index (Phi) is 62.2. The predicted octanol–water partition coefficient (Wildman–Crippen LogP) is 20.5. The van der Waals surface area contributed by atoms with E-state index in [-0.39, 0.29) is 18.5 Å². The van der Waals surface area contributed by atoms with Gasteiger partial charge in [-0.25, -0.2) is 0 Å². The summed E-state index contributed by atoms with van der Waals surface area (Å²) >= 11 is 0. The summed E-state index contributed by atoms with van der Waals surface area (Å²) in [5, 5.41) is 33.4. The molecule has 0 aliphatic heterocycles. The van der Waals surface area contributed by atoms with E-state index in [1.807, 2.05) is 0 Å². The highest BCUT2D eigenvalue weighted by Gasteiger charge is 2.18. The molecule has 0 aliphatic carbocycles. The molecular formula is C69H131NO6. The number of rotatable bonds is 63. The van der Waals surface area contributed by atoms with Crippen LogP contribution in [-0.4, -0.2) is 58.7 Å². The number of allylic oxidation sites excluding steroid dienone is 4. The molecule has 0 spiro atoms. The van der Waals surface area contributed by atoms with Crippen molar-refractivity contribution in [3.63, 3.8) is 0 Å². The van der Waals surface area contributed by atoms with Gasteiger partial charge in [-0.1, -0.05) is 326 Å². The van der Waals surface area contributed by atoms with E-state index in [4.69, 9.17) is 4.74 Å². The van der Waals surface area contributed by atoms with Crippen molar-refractivity contribution in [3.05, 3.63) is 36.5 Å². The van der Waals surface area contributed by atoms with Crippen LogP contribution in [0, 0.1) is 0 Å². The van der Waals surface area contributed by atoms with Crippen LogP contribution in [0.15, 0.2) is 36.5 Å². The van der Waals surface area contributed by atoms with Crippen LogP contribution in [0.25, 0.3) is 0 Å². The number of esters is 1. The minimum absolute atomic E-state index is 0.00350. The van der Waals surface area contributed by atoms with E-state index in [2.05, 4.69) is 43.5 Å². The quantitative estimate of drug-likeness (QED) is 0.0274. The molecule has 0 aromatic heterocycles. The summed E-state index contributed by atoms with van der Waals surface area (Å²) in [5.41, 5.74) is 0. The standard InChI is InChI=1S/C69H131NO6/c1-3-5-7-9-11-13-15-16-33-37-40-44-48-52-56-60-69(75)76-63-57-53-49-45-41-38-35-32-30-28-26-24-22-20-18-17-19-21-23-25-27-29-31-34-36-39-43-47-51-55-59-68(74)70-66(64-71)67(73)62-61-65(72)58-54-50-46-42-14-12-10-8-6-4-2/h11,13,16,33,61-62,65-67,71-73H,3-10,12,14-15,17-32,34-60,63-64H2,1-2H3,(H,70,74)/b13-11-,33-16-,62-61+/t65-,66+,67-/m1/s1. The maximum Gasteiger partial charge on any atom is 0.305 e. The molecule has 0 heterocycles. The molecule has 0 bridgehead atoms. The summed E-state index contributed by atoms with van der Waals surface area (Å²) in [6.07, 6.45) is 78.0. The van der Waals surface area contributed by atoms with Gasteiger partial charge in [0.1, 0.15) is 0 Å². The van der Waals surface area contributed by atoms with Gasteiger partial charge in [-0.05, 0) is 57.8 Å². The topological polar surface area (TPSA) is 116 Å². The van der Waals surface area contributed by atoms with Crippen LogP contribution in [0.4, 0.5) is 0 Å². The first-order valence-corrected chi connectivity index (χ1v) is 33.8. The lowest BCUT2D eigenvalue weighted by Crippen LogP contribution is -2.45. The summed E-state index contributed by atoms with van der Waals surface area (Å²) in [6.45, 7) is 4.78. The highest BCUT2D eigenvalue weighted by Crippen LogP contribution is 2.18. The van der Waals surface area contributed by atoms with Gasteiger partial charge in [-0.15, -0.1) is 0 Å². The Bertz CT molecular complexity index is 1250. The van der Waals surface area contributed by atoms with Crippen molar-refractivity contribution in [1.82, 2.24) is 5.32 Å². The van der Waals surface area contributed by atoms with E-state index in [1.165, 1.54) is 276 Å². The van der Waals surface area contributed by atoms with E-state index in [0.29, 0.717) is 25.9 Å². The number of aliphatic hydroxyl groups is 3. The number of hydrogen-bond donors (Lipinski definition) is 4. The van der Waals surface area contributed by atoms with Crippen molar-refractivity contribution in [3.8, 4) is 0 Å². The Balaban J connectivity index is 3.38. The number of unbranched alkanes of at least 4 members (excludes halogenated alkanes) is 46. The fourth-order valence-electron chi connectivity index (χ4n) is 10.5. The van der Waals surface area contributed by atoms with E-state index >= 15 is 0 Å². The van der Waals surface area contributed by atoms with E-state index in [9.17, 15) is 24.9 Å².